The molecule has 0 bridgehead atoms. The molecular formula is C14H19F3N2O. The maximum absolute atomic E-state index is 12.8. The van der Waals surface area contributed by atoms with Crippen molar-refractivity contribution >= 4 is 5.91 Å². The number of hydrogen-bond donors (Lipinski definition) is 1. The summed E-state index contributed by atoms with van der Waals surface area (Å²) in [6, 6.07) is 4.85. The van der Waals surface area contributed by atoms with Crippen LogP contribution in [-0.4, -0.2) is 30.9 Å². The van der Waals surface area contributed by atoms with E-state index in [0.29, 0.717) is 13.1 Å². The number of carbonyl (C=O) groups excluding carboxylic acids is 1. The Balaban J connectivity index is 2.77. The lowest BCUT2D eigenvalue weighted by Gasteiger charge is -2.19. The van der Waals surface area contributed by atoms with Crippen molar-refractivity contribution in [3.63, 3.8) is 0 Å². The molecule has 1 rings (SSSR count). The van der Waals surface area contributed by atoms with Gasteiger partial charge in [-0.05, 0) is 31.5 Å². The second-order valence-corrected chi connectivity index (χ2v) is 4.62. The topological polar surface area (TPSA) is 46.3 Å². The molecule has 0 aliphatic heterocycles. The number of benzene rings is 1. The predicted octanol–water partition coefficient (Wildman–Crippen LogP) is 2.91. The van der Waals surface area contributed by atoms with E-state index in [2.05, 4.69) is 0 Å². The van der Waals surface area contributed by atoms with E-state index in [1.807, 2.05) is 0 Å². The minimum atomic E-state index is -4.52. The molecule has 3 nitrogen and oxygen atoms in total. The zero-order chi connectivity index (χ0) is 15.2. The summed E-state index contributed by atoms with van der Waals surface area (Å²) in [5, 5.41) is 0. The number of carbonyl (C=O) groups is 1. The molecule has 0 heterocycles. The highest BCUT2D eigenvalue weighted by molar-refractivity contribution is 5.95. The molecule has 0 saturated heterocycles. The van der Waals surface area contributed by atoms with Gasteiger partial charge in [-0.25, -0.2) is 0 Å². The molecule has 0 spiro atoms. The summed E-state index contributed by atoms with van der Waals surface area (Å²) in [5.41, 5.74) is 4.16. The third-order valence-electron chi connectivity index (χ3n) is 3.01. The van der Waals surface area contributed by atoms with Gasteiger partial charge in [-0.3, -0.25) is 4.79 Å². The van der Waals surface area contributed by atoms with E-state index in [1.165, 1.54) is 30.1 Å². The molecule has 0 aromatic heterocycles. The summed E-state index contributed by atoms with van der Waals surface area (Å²) >= 11 is 0. The van der Waals surface area contributed by atoms with E-state index in [4.69, 9.17) is 5.73 Å². The third kappa shape index (κ3) is 4.52. The molecule has 20 heavy (non-hydrogen) atoms. The SMILES string of the molecule is CN(CCCCCN)C(=O)c1ccccc1C(F)(F)F. The van der Waals surface area contributed by atoms with Crippen molar-refractivity contribution in [1.82, 2.24) is 4.90 Å². The maximum Gasteiger partial charge on any atom is 0.417 e. The van der Waals surface area contributed by atoms with Crippen molar-refractivity contribution in [2.45, 2.75) is 25.4 Å². The van der Waals surface area contributed by atoms with Crippen molar-refractivity contribution in [3.8, 4) is 0 Å². The first-order valence-corrected chi connectivity index (χ1v) is 6.49. The Morgan fingerprint density at radius 1 is 1.20 bits per heavy atom. The van der Waals surface area contributed by atoms with Crippen molar-refractivity contribution < 1.29 is 18.0 Å². The number of amides is 1. The fourth-order valence-electron chi connectivity index (χ4n) is 1.89. The Labute approximate surface area is 116 Å². The van der Waals surface area contributed by atoms with E-state index >= 15 is 0 Å². The highest BCUT2D eigenvalue weighted by Gasteiger charge is 2.35. The second-order valence-electron chi connectivity index (χ2n) is 4.62. The Kier molecular flexibility index (Phi) is 6.01. The molecule has 6 heteroatoms. The van der Waals surface area contributed by atoms with Gasteiger partial charge >= 0.3 is 6.18 Å². The molecule has 2 N–H and O–H groups in total. The van der Waals surface area contributed by atoms with Crippen LogP contribution in [0.15, 0.2) is 24.3 Å². The van der Waals surface area contributed by atoms with Crippen LogP contribution < -0.4 is 5.73 Å². The molecule has 0 aliphatic rings. The largest absolute Gasteiger partial charge is 0.417 e. The van der Waals surface area contributed by atoms with Gasteiger partial charge in [0.05, 0.1) is 11.1 Å². The van der Waals surface area contributed by atoms with Crippen molar-refractivity contribution in [3.05, 3.63) is 35.4 Å². The molecule has 1 amide bonds. The van der Waals surface area contributed by atoms with Gasteiger partial charge in [-0.1, -0.05) is 18.6 Å². The molecule has 1 aromatic rings. The lowest BCUT2D eigenvalue weighted by molar-refractivity contribution is -0.138. The predicted molar refractivity (Wildman–Crippen MR) is 71.3 cm³/mol. The van der Waals surface area contributed by atoms with Gasteiger partial charge in [0.1, 0.15) is 0 Å². The fourth-order valence-corrected chi connectivity index (χ4v) is 1.89. The van der Waals surface area contributed by atoms with Crippen LogP contribution in [0.2, 0.25) is 0 Å². The van der Waals surface area contributed by atoms with Gasteiger partial charge in [0.15, 0.2) is 0 Å². The first-order valence-electron chi connectivity index (χ1n) is 6.49. The van der Waals surface area contributed by atoms with Gasteiger partial charge in [-0.15, -0.1) is 0 Å². The fraction of sp³-hybridized carbons (Fsp3) is 0.500. The molecule has 0 saturated carbocycles. The number of halogens is 3. The standard InChI is InChI=1S/C14H19F3N2O/c1-19(10-6-2-5-9-18)13(20)11-7-3-4-8-12(11)14(15,16)17/h3-4,7-8H,2,5-6,9-10,18H2,1H3. The molecule has 1 aromatic carbocycles. The Hall–Kier alpha value is -1.56. The van der Waals surface area contributed by atoms with Crippen LogP contribution in [0.25, 0.3) is 0 Å². The maximum atomic E-state index is 12.8. The average Bonchev–Trinajstić information content (AvgIpc) is 2.41. The van der Waals surface area contributed by atoms with E-state index in [-0.39, 0.29) is 5.56 Å². The Morgan fingerprint density at radius 2 is 1.85 bits per heavy atom. The lowest BCUT2D eigenvalue weighted by Crippen LogP contribution is -2.29. The Bertz CT molecular complexity index is 446. The molecule has 0 unspecified atom stereocenters. The second kappa shape index (κ2) is 7.28. The van der Waals surface area contributed by atoms with Gasteiger partial charge in [0.2, 0.25) is 0 Å². The Morgan fingerprint density at radius 3 is 2.45 bits per heavy atom. The zero-order valence-corrected chi connectivity index (χ0v) is 11.4. The van der Waals surface area contributed by atoms with Crippen molar-refractivity contribution in [2.24, 2.45) is 5.73 Å². The summed E-state index contributed by atoms with van der Waals surface area (Å²) < 4.78 is 38.5. The van der Waals surface area contributed by atoms with E-state index in [9.17, 15) is 18.0 Å². The summed E-state index contributed by atoms with van der Waals surface area (Å²) in [6.45, 7) is 1.000. The summed E-state index contributed by atoms with van der Waals surface area (Å²) in [6.07, 6.45) is -2.09. The highest BCUT2D eigenvalue weighted by Crippen LogP contribution is 2.32. The van der Waals surface area contributed by atoms with Crippen LogP contribution in [0.3, 0.4) is 0 Å². The number of nitrogens with two attached hydrogens (primary N) is 1. The molecule has 112 valence electrons. The van der Waals surface area contributed by atoms with Crippen molar-refractivity contribution in [1.29, 1.82) is 0 Å². The number of hydrogen-bond acceptors (Lipinski definition) is 2. The summed E-state index contributed by atoms with van der Waals surface area (Å²) in [4.78, 5) is 13.4. The number of unbranched alkanes of at least 4 members (excludes halogenated alkanes) is 2. The van der Waals surface area contributed by atoms with E-state index in [0.717, 1.165) is 25.3 Å². The molecule has 0 aliphatic carbocycles. The van der Waals surface area contributed by atoms with Crippen LogP contribution in [-0.2, 0) is 6.18 Å². The monoisotopic (exact) mass is 288 g/mol. The number of nitrogens with zero attached hydrogens (tertiary/aromatic N) is 1. The van der Waals surface area contributed by atoms with Crippen LogP contribution in [0.5, 0.6) is 0 Å². The first kappa shape index (κ1) is 16.5. The van der Waals surface area contributed by atoms with Crippen LogP contribution >= 0.6 is 0 Å². The first-order chi connectivity index (χ1) is 9.38. The highest BCUT2D eigenvalue weighted by atomic mass is 19.4. The average molecular weight is 288 g/mol. The summed E-state index contributed by atoms with van der Waals surface area (Å²) in [7, 11) is 1.51. The van der Waals surface area contributed by atoms with E-state index < -0.39 is 17.6 Å². The normalized spacial score (nSPS) is 11.4. The molecule has 0 atom stereocenters. The molecule has 0 fully saturated rings. The van der Waals surface area contributed by atoms with Crippen molar-refractivity contribution in [2.75, 3.05) is 20.1 Å². The van der Waals surface area contributed by atoms with Gasteiger partial charge in [0, 0.05) is 13.6 Å². The molecule has 0 radical (unpaired) electrons. The number of alkyl halides is 3. The van der Waals surface area contributed by atoms with E-state index in [1.54, 1.807) is 0 Å². The zero-order valence-electron chi connectivity index (χ0n) is 11.4. The van der Waals surface area contributed by atoms with Crippen LogP contribution in [0, 0.1) is 0 Å². The van der Waals surface area contributed by atoms with Gasteiger partial charge in [0.25, 0.3) is 5.91 Å². The minimum absolute atomic E-state index is 0.304. The third-order valence-corrected chi connectivity index (χ3v) is 3.01. The lowest BCUT2D eigenvalue weighted by atomic mass is 10.1. The smallest absolute Gasteiger partial charge is 0.342 e. The van der Waals surface area contributed by atoms with Crippen LogP contribution in [0.1, 0.15) is 35.2 Å². The minimum Gasteiger partial charge on any atom is -0.342 e. The van der Waals surface area contributed by atoms with Gasteiger partial charge < -0.3 is 10.6 Å². The molecular weight excluding hydrogens is 269 g/mol. The summed E-state index contributed by atoms with van der Waals surface area (Å²) in [5.74, 6) is -0.606. The van der Waals surface area contributed by atoms with Crippen LogP contribution in [0.4, 0.5) is 13.2 Å². The quantitative estimate of drug-likeness (QED) is 0.818. The van der Waals surface area contributed by atoms with Gasteiger partial charge in [-0.2, -0.15) is 13.2 Å². The number of rotatable bonds is 6.